The summed E-state index contributed by atoms with van der Waals surface area (Å²) in [5.41, 5.74) is -0.0388. The lowest BCUT2D eigenvalue weighted by Gasteiger charge is -2.35. The third kappa shape index (κ3) is 3.57. The Bertz CT molecular complexity index is 588. The van der Waals surface area contributed by atoms with Crippen LogP contribution in [-0.4, -0.2) is 43.2 Å². The van der Waals surface area contributed by atoms with Crippen molar-refractivity contribution in [1.82, 2.24) is 4.90 Å². The molecule has 0 bridgehead atoms. The van der Waals surface area contributed by atoms with E-state index in [2.05, 4.69) is 0 Å². The minimum absolute atomic E-state index is 0.0419. The highest BCUT2D eigenvalue weighted by Gasteiger charge is 2.36. The molecule has 4 nitrogen and oxygen atoms in total. The summed E-state index contributed by atoms with van der Waals surface area (Å²) in [7, 11) is 0. The zero-order valence-corrected chi connectivity index (χ0v) is 13.4. The summed E-state index contributed by atoms with van der Waals surface area (Å²) in [6.07, 6.45) is -4.14. The Morgan fingerprint density at radius 1 is 1.17 bits per heavy atom. The zero-order chi connectivity index (χ0) is 17.3. The molecular formula is C17H20F3NO3. The highest BCUT2D eigenvalue weighted by Crippen LogP contribution is 2.32. The van der Waals surface area contributed by atoms with Crippen molar-refractivity contribution in [3.05, 3.63) is 35.4 Å². The molecule has 7 heteroatoms. The average Bonchev–Trinajstić information content (AvgIpc) is 3.00. The third-order valence-corrected chi connectivity index (χ3v) is 4.68. The molecule has 2 aliphatic rings. The Kier molecular flexibility index (Phi) is 4.83. The topological polar surface area (TPSA) is 38.8 Å². The van der Waals surface area contributed by atoms with Crippen molar-refractivity contribution in [2.45, 2.75) is 31.7 Å². The van der Waals surface area contributed by atoms with E-state index in [1.165, 1.54) is 12.1 Å². The van der Waals surface area contributed by atoms with E-state index >= 15 is 0 Å². The molecule has 3 rings (SSSR count). The van der Waals surface area contributed by atoms with Gasteiger partial charge in [-0.3, -0.25) is 4.79 Å². The van der Waals surface area contributed by atoms with E-state index in [0.717, 1.165) is 12.1 Å². The molecule has 0 saturated carbocycles. The molecule has 1 aromatic carbocycles. The molecule has 0 aromatic heterocycles. The SMILES string of the molecule is C[C@@H]1OCC[C@H]1C(=O)N1CCO[C@H](c2ccc(C(F)(F)F)cc2)C1. The number of alkyl halides is 3. The number of carbonyl (C=O) groups is 1. The molecule has 1 amide bonds. The number of hydrogen-bond donors (Lipinski definition) is 0. The van der Waals surface area contributed by atoms with Gasteiger partial charge in [0.1, 0.15) is 6.10 Å². The van der Waals surface area contributed by atoms with E-state index in [1.54, 1.807) is 4.90 Å². The highest BCUT2D eigenvalue weighted by atomic mass is 19.4. The number of ether oxygens (including phenoxy) is 2. The standard InChI is InChI=1S/C17H20F3NO3/c1-11-14(6-8-23-11)16(22)21-7-9-24-15(10-21)12-2-4-13(5-3-12)17(18,19)20/h2-5,11,14-15H,6-10H2,1H3/t11-,14+,15-/m0/s1. The van der Waals surface area contributed by atoms with Crippen molar-refractivity contribution >= 4 is 5.91 Å². The van der Waals surface area contributed by atoms with Crippen LogP contribution >= 0.6 is 0 Å². The fourth-order valence-electron chi connectivity index (χ4n) is 3.23. The predicted molar refractivity (Wildman–Crippen MR) is 80.2 cm³/mol. The average molecular weight is 343 g/mol. The maximum absolute atomic E-state index is 12.6. The van der Waals surface area contributed by atoms with Gasteiger partial charge in [0.25, 0.3) is 0 Å². The summed E-state index contributed by atoms with van der Waals surface area (Å²) >= 11 is 0. The van der Waals surface area contributed by atoms with Gasteiger partial charge in [0.2, 0.25) is 5.91 Å². The lowest BCUT2D eigenvalue weighted by molar-refractivity contribution is -0.144. The largest absolute Gasteiger partial charge is 0.416 e. The quantitative estimate of drug-likeness (QED) is 0.829. The molecule has 0 N–H and O–H groups in total. The molecule has 0 radical (unpaired) electrons. The first-order valence-corrected chi connectivity index (χ1v) is 8.05. The van der Waals surface area contributed by atoms with E-state index < -0.39 is 17.8 Å². The molecule has 0 spiro atoms. The summed E-state index contributed by atoms with van der Waals surface area (Å²) in [5.74, 6) is -0.100. The van der Waals surface area contributed by atoms with E-state index in [-0.39, 0.29) is 17.9 Å². The molecule has 3 atom stereocenters. The first-order chi connectivity index (χ1) is 11.4. The molecule has 2 fully saturated rings. The van der Waals surface area contributed by atoms with Gasteiger partial charge in [0, 0.05) is 13.2 Å². The smallest absolute Gasteiger partial charge is 0.378 e. The van der Waals surface area contributed by atoms with Crippen molar-refractivity contribution in [3.8, 4) is 0 Å². The lowest BCUT2D eigenvalue weighted by atomic mass is 9.99. The van der Waals surface area contributed by atoms with Crippen LogP contribution < -0.4 is 0 Å². The Balaban J connectivity index is 1.68. The first kappa shape index (κ1) is 17.2. The van der Waals surface area contributed by atoms with Crippen LogP contribution in [0.2, 0.25) is 0 Å². The fraction of sp³-hybridized carbons (Fsp3) is 0.588. The van der Waals surface area contributed by atoms with Crippen LogP contribution in [0.15, 0.2) is 24.3 Å². The van der Waals surface area contributed by atoms with E-state index in [1.807, 2.05) is 6.92 Å². The molecule has 0 aliphatic carbocycles. The Hall–Kier alpha value is -1.60. The van der Waals surface area contributed by atoms with E-state index in [9.17, 15) is 18.0 Å². The van der Waals surface area contributed by atoms with Gasteiger partial charge in [-0.1, -0.05) is 12.1 Å². The van der Waals surface area contributed by atoms with Crippen molar-refractivity contribution in [2.24, 2.45) is 5.92 Å². The first-order valence-electron chi connectivity index (χ1n) is 8.05. The molecule has 2 heterocycles. The molecule has 2 aliphatic heterocycles. The number of halogens is 3. The summed E-state index contributed by atoms with van der Waals surface area (Å²) < 4.78 is 49.0. The van der Waals surface area contributed by atoms with Crippen LogP contribution in [0.4, 0.5) is 13.2 Å². The van der Waals surface area contributed by atoms with Crippen LogP contribution in [0.25, 0.3) is 0 Å². The zero-order valence-electron chi connectivity index (χ0n) is 13.4. The predicted octanol–water partition coefficient (Wildman–Crippen LogP) is 3.03. The summed E-state index contributed by atoms with van der Waals surface area (Å²) in [6, 6.07) is 4.93. The van der Waals surface area contributed by atoms with Crippen molar-refractivity contribution in [1.29, 1.82) is 0 Å². The molecular weight excluding hydrogens is 323 g/mol. The maximum Gasteiger partial charge on any atom is 0.416 e. The second-order valence-electron chi connectivity index (χ2n) is 6.23. The second kappa shape index (κ2) is 6.72. The minimum atomic E-state index is -4.35. The van der Waals surface area contributed by atoms with Gasteiger partial charge >= 0.3 is 6.18 Å². The summed E-state index contributed by atoms with van der Waals surface area (Å²) in [4.78, 5) is 14.4. The van der Waals surface area contributed by atoms with Crippen LogP contribution in [0.1, 0.15) is 30.6 Å². The van der Waals surface area contributed by atoms with Gasteiger partial charge in [-0.15, -0.1) is 0 Å². The highest BCUT2D eigenvalue weighted by molar-refractivity contribution is 5.79. The second-order valence-corrected chi connectivity index (χ2v) is 6.23. The number of carbonyl (C=O) groups excluding carboxylic acids is 1. The van der Waals surface area contributed by atoms with Gasteiger partial charge in [0.15, 0.2) is 0 Å². The summed E-state index contributed by atoms with van der Waals surface area (Å²) in [6.45, 7) is 3.71. The van der Waals surface area contributed by atoms with Crippen molar-refractivity contribution < 1.29 is 27.4 Å². The molecule has 24 heavy (non-hydrogen) atoms. The third-order valence-electron chi connectivity index (χ3n) is 4.68. The molecule has 2 saturated heterocycles. The lowest BCUT2D eigenvalue weighted by Crippen LogP contribution is -2.46. The van der Waals surface area contributed by atoms with Gasteiger partial charge in [-0.2, -0.15) is 13.2 Å². The Labute approximate surface area is 138 Å². The number of morpholine rings is 1. The van der Waals surface area contributed by atoms with Crippen LogP contribution in [0.5, 0.6) is 0 Å². The number of amides is 1. The summed E-state index contributed by atoms with van der Waals surface area (Å²) in [5, 5.41) is 0. The van der Waals surface area contributed by atoms with E-state index in [0.29, 0.717) is 38.3 Å². The maximum atomic E-state index is 12.6. The molecule has 0 unspecified atom stereocenters. The molecule has 132 valence electrons. The number of nitrogens with zero attached hydrogens (tertiary/aromatic N) is 1. The molecule has 1 aromatic rings. The van der Waals surface area contributed by atoms with Crippen LogP contribution in [-0.2, 0) is 20.4 Å². The number of hydrogen-bond acceptors (Lipinski definition) is 3. The minimum Gasteiger partial charge on any atom is -0.378 e. The van der Waals surface area contributed by atoms with Crippen LogP contribution in [0, 0.1) is 5.92 Å². The Morgan fingerprint density at radius 2 is 1.88 bits per heavy atom. The van der Waals surface area contributed by atoms with Crippen LogP contribution in [0.3, 0.4) is 0 Å². The van der Waals surface area contributed by atoms with Gasteiger partial charge in [0.05, 0.1) is 30.7 Å². The van der Waals surface area contributed by atoms with Gasteiger partial charge in [-0.05, 0) is 31.0 Å². The monoisotopic (exact) mass is 343 g/mol. The van der Waals surface area contributed by atoms with Gasteiger partial charge < -0.3 is 14.4 Å². The number of rotatable bonds is 2. The Morgan fingerprint density at radius 3 is 2.46 bits per heavy atom. The fourth-order valence-corrected chi connectivity index (χ4v) is 3.23. The van der Waals surface area contributed by atoms with Gasteiger partial charge in [-0.25, -0.2) is 0 Å². The normalized spacial score (nSPS) is 28.2. The number of benzene rings is 1. The van der Waals surface area contributed by atoms with Crippen molar-refractivity contribution in [2.75, 3.05) is 26.3 Å². The van der Waals surface area contributed by atoms with E-state index in [4.69, 9.17) is 9.47 Å². The van der Waals surface area contributed by atoms with Crippen molar-refractivity contribution in [3.63, 3.8) is 0 Å².